The number of nitrogens with zero attached hydrogens (tertiary/aromatic N) is 2. The van der Waals surface area contributed by atoms with Crippen molar-refractivity contribution in [3.05, 3.63) is 35.6 Å². The zero-order valence-corrected chi connectivity index (χ0v) is 15.7. The van der Waals surface area contributed by atoms with Crippen LogP contribution in [0, 0.1) is 17.2 Å². The van der Waals surface area contributed by atoms with Crippen molar-refractivity contribution < 1.29 is 9.18 Å². The highest BCUT2D eigenvalue weighted by atomic mass is 19.1. The van der Waals surface area contributed by atoms with Gasteiger partial charge in [0.25, 0.3) is 0 Å². The summed E-state index contributed by atoms with van der Waals surface area (Å²) in [6.45, 7) is 13.8. The first kappa shape index (κ1) is 18.9. The monoisotopic (exact) mass is 334 g/mol. The summed E-state index contributed by atoms with van der Waals surface area (Å²) in [4.78, 5) is 17.2. The van der Waals surface area contributed by atoms with Crippen molar-refractivity contribution in [1.82, 2.24) is 9.80 Å². The molecule has 1 aromatic carbocycles. The summed E-state index contributed by atoms with van der Waals surface area (Å²) in [5.41, 5.74) is 0.783. The molecule has 1 fully saturated rings. The van der Waals surface area contributed by atoms with E-state index in [0.29, 0.717) is 12.0 Å². The van der Waals surface area contributed by atoms with E-state index in [-0.39, 0.29) is 17.1 Å². The van der Waals surface area contributed by atoms with Crippen LogP contribution in [0.15, 0.2) is 24.3 Å². The van der Waals surface area contributed by atoms with Crippen LogP contribution in [0.5, 0.6) is 0 Å². The maximum atomic E-state index is 13.1. The van der Waals surface area contributed by atoms with Crippen LogP contribution in [0.1, 0.15) is 46.6 Å². The minimum atomic E-state index is -0.340. The van der Waals surface area contributed by atoms with E-state index in [2.05, 4.69) is 18.7 Å². The average Bonchev–Trinajstić information content (AvgIpc) is 2.70. The SMILES string of the molecule is CC(C)[C@@H]1CN(C(=O)C(C)(C)C)CCCN1Cc1ccc(F)cc1. The van der Waals surface area contributed by atoms with Crippen LogP contribution in [0.2, 0.25) is 0 Å². The normalized spacial score (nSPS) is 20.3. The molecule has 0 N–H and O–H groups in total. The lowest BCUT2D eigenvalue weighted by atomic mass is 9.93. The number of amides is 1. The van der Waals surface area contributed by atoms with Crippen LogP contribution in [-0.4, -0.2) is 41.4 Å². The van der Waals surface area contributed by atoms with Crippen molar-refractivity contribution in [1.29, 1.82) is 0 Å². The highest BCUT2D eigenvalue weighted by Gasteiger charge is 2.33. The van der Waals surface area contributed by atoms with E-state index >= 15 is 0 Å². The van der Waals surface area contributed by atoms with Gasteiger partial charge in [-0.2, -0.15) is 0 Å². The van der Waals surface area contributed by atoms with Crippen LogP contribution < -0.4 is 0 Å². The fourth-order valence-corrected chi connectivity index (χ4v) is 3.37. The Morgan fingerprint density at radius 2 is 1.83 bits per heavy atom. The first-order valence-electron chi connectivity index (χ1n) is 8.96. The molecule has 0 aromatic heterocycles. The van der Waals surface area contributed by atoms with Gasteiger partial charge in [-0.25, -0.2) is 4.39 Å². The number of carbonyl (C=O) groups is 1. The van der Waals surface area contributed by atoms with E-state index in [0.717, 1.165) is 38.2 Å². The van der Waals surface area contributed by atoms with Gasteiger partial charge < -0.3 is 4.90 Å². The largest absolute Gasteiger partial charge is 0.341 e. The summed E-state index contributed by atoms with van der Waals surface area (Å²) < 4.78 is 13.1. The minimum absolute atomic E-state index is 0.197. The first-order valence-corrected chi connectivity index (χ1v) is 8.96. The molecule has 1 aromatic rings. The van der Waals surface area contributed by atoms with E-state index in [1.807, 2.05) is 37.8 Å². The lowest BCUT2D eigenvalue weighted by molar-refractivity contribution is -0.140. The Labute approximate surface area is 145 Å². The fourth-order valence-electron chi connectivity index (χ4n) is 3.37. The number of hydrogen-bond acceptors (Lipinski definition) is 2. The summed E-state index contributed by atoms with van der Waals surface area (Å²) in [6.07, 6.45) is 0.978. The standard InChI is InChI=1S/C20H31FN2O/c1-15(2)18-14-23(19(24)20(3,4)5)12-6-11-22(18)13-16-7-9-17(21)10-8-16/h7-10,15,18H,6,11-14H2,1-5H3/t18-/m0/s1. The lowest BCUT2D eigenvalue weighted by Gasteiger charge is -2.36. The van der Waals surface area contributed by atoms with Crippen molar-refractivity contribution in [2.45, 2.75) is 53.6 Å². The van der Waals surface area contributed by atoms with Crippen molar-refractivity contribution in [2.75, 3.05) is 19.6 Å². The summed E-state index contributed by atoms with van der Waals surface area (Å²) >= 11 is 0. The molecule has 1 aliphatic rings. The van der Waals surface area contributed by atoms with Gasteiger partial charge in [0, 0.05) is 37.6 Å². The molecular formula is C20H31FN2O. The van der Waals surface area contributed by atoms with Gasteiger partial charge in [0.1, 0.15) is 5.82 Å². The highest BCUT2D eigenvalue weighted by Crippen LogP contribution is 2.24. The molecule has 3 nitrogen and oxygen atoms in total. The third-order valence-electron chi connectivity index (χ3n) is 4.75. The smallest absolute Gasteiger partial charge is 0.228 e. The second-order valence-electron chi connectivity index (χ2n) is 8.26. The van der Waals surface area contributed by atoms with Gasteiger partial charge in [0.05, 0.1) is 0 Å². The van der Waals surface area contributed by atoms with E-state index in [1.54, 1.807) is 0 Å². The van der Waals surface area contributed by atoms with Crippen LogP contribution in [0.4, 0.5) is 4.39 Å². The molecule has 4 heteroatoms. The van der Waals surface area contributed by atoms with Gasteiger partial charge in [-0.05, 0) is 30.0 Å². The maximum Gasteiger partial charge on any atom is 0.228 e. The second kappa shape index (κ2) is 7.64. The Balaban J connectivity index is 2.14. The molecule has 1 aliphatic heterocycles. The second-order valence-corrected chi connectivity index (χ2v) is 8.26. The zero-order chi connectivity index (χ0) is 17.9. The Morgan fingerprint density at radius 1 is 1.21 bits per heavy atom. The van der Waals surface area contributed by atoms with Gasteiger partial charge in [-0.3, -0.25) is 9.69 Å². The molecule has 1 amide bonds. The molecule has 0 saturated carbocycles. The lowest BCUT2D eigenvalue weighted by Crippen LogP contribution is -2.48. The predicted octanol–water partition coefficient (Wildman–Crippen LogP) is 3.93. The Morgan fingerprint density at radius 3 is 2.38 bits per heavy atom. The number of benzene rings is 1. The Bertz CT molecular complexity index is 548. The van der Waals surface area contributed by atoms with Gasteiger partial charge >= 0.3 is 0 Å². The van der Waals surface area contributed by atoms with E-state index < -0.39 is 0 Å². The summed E-state index contributed by atoms with van der Waals surface area (Å²) in [5, 5.41) is 0. The Kier molecular flexibility index (Phi) is 6.02. The highest BCUT2D eigenvalue weighted by molar-refractivity contribution is 5.81. The molecule has 0 unspecified atom stereocenters. The number of hydrogen-bond donors (Lipinski definition) is 0. The molecular weight excluding hydrogens is 303 g/mol. The van der Waals surface area contributed by atoms with Crippen molar-refractivity contribution >= 4 is 5.91 Å². The third-order valence-corrected chi connectivity index (χ3v) is 4.75. The van der Waals surface area contributed by atoms with Crippen molar-refractivity contribution in [3.63, 3.8) is 0 Å². The molecule has 134 valence electrons. The maximum absolute atomic E-state index is 13.1. The zero-order valence-electron chi connectivity index (χ0n) is 15.7. The number of rotatable bonds is 3. The minimum Gasteiger partial charge on any atom is -0.341 e. The van der Waals surface area contributed by atoms with Crippen molar-refractivity contribution in [3.8, 4) is 0 Å². The molecule has 1 atom stereocenters. The van der Waals surface area contributed by atoms with Crippen LogP contribution in [0.25, 0.3) is 0 Å². The average molecular weight is 334 g/mol. The Hall–Kier alpha value is -1.42. The molecule has 0 radical (unpaired) electrons. The molecule has 24 heavy (non-hydrogen) atoms. The van der Waals surface area contributed by atoms with Crippen LogP contribution in [0.3, 0.4) is 0 Å². The van der Waals surface area contributed by atoms with E-state index in [1.165, 1.54) is 12.1 Å². The van der Waals surface area contributed by atoms with E-state index in [4.69, 9.17) is 0 Å². The summed E-state index contributed by atoms with van der Waals surface area (Å²) in [7, 11) is 0. The van der Waals surface area contributed by atoms with Gasteiger partial charge in [-0.15, -0.1) is 0 Å². The quantitative estimate of drug-likeness (QED) is 0.836. The first-order chi connectivity index (χ1) is 11.2. The van der Waals surface area contributed by atoms with Crippen LogP contribution in [-0.2, 0) is 11.3 Å². The van der Waals surface area contributed by atoms with Crippen LogP contribution >= 0.6 is 0 Å². The molecule has 1 heterocycles. The molecule has 0 spiro atoms. The molecule has 1 saturated heterocycles. The molecule has 2 rings (SSSR count). The third kappa shape index (κ3) is 4.79. The fraction of sp³-hybridized carbons (Fsp3) is 0.650. The van der Waals surface area contributed by atoms with Gasteiger partial charge in [0.2, 0.25) is 5.91 Å². The number of carbonyl (C=O) groups excluding carboxylic acids is 1. The summed E-state index contributed by atoms with van der Waals surface area (Å²) in [6, 6.07) is 7.08. The van der Waals surface area contributed by atoms with Gasteiger partial charge in [-0.1, -0.05) is 46.8 Å². The summed E-state index contributed by atoms with van der Waals surface area (Å²) in [5.74, 6) is 0.493. The van der Waals surface area contributed by atoms with Crippen molar-refractivity contribution in [2.24, 2.45) is 11.3 Å². The molecule has 0 bridgehead atoms. The predicted molar refractivity (Wildman–Crippen MR) is 96.1 cm³/mol. The van der Waals surface area contributed by atoms with Gasteiger partial charge in [0.15, 0.2) is 0 Å². The topological polar surface area (TPSA) is 23.6 Å². The molecule has 0 aliphatic carbocycles. The van der Waals surface area contributed by atoms with E-state index in [9.17, 15) is 9.18 Å². The number of halogens is 1.